The van der Waals surface area contributed by atoms with Crippen molar-refractivity contribution in [1.29, 1.82) is 0 Å². The first-order valence-corrected chi connectivity index (χ1v) is 8.53. The molecule has 7 heteroatoms. The quantitative estimate of drug-likeness (QED) is 0.849. The Balaban J connectivity index is 1.49. The van der Waals surface area contributed by atoms with E-state index in [9.17, 15) is 9.59 Å². The van der Waals surface area contributed by atoms with Gasteiger partial charge < -0.3 is 19.9 Å². The third-order valence-corrected chi connectivity index (χ3v) is 4.37. The lowest BCUT2D eigenvalue weighted by atomic mass is 10.2. The number of piperazine rings is 1. The third kappa shape index (κ3) is 4.30. The van der Waals surface area contributed by atoms with Crippen molar-refractivity contribution in [3.8, 4) is 0 Å². The topological polar surface area (TPSA) is 74.8 Å². The molecule has 26 heavy (non-hydrogen) atoms. The summed E-state index contributed by atoms with van der Waals surface area (Å²) >= 11 is 0. The molecule has 0 aliphatic carbocycles. The van der Waals surface area contributed by atoms with Gasteiger partial charge in [-0.3, -0.25) is 4.98 Å². The molecule has 136 valence electrons. The standard InChI is InChI=1S/C19H22N4O3/c1-26-18(24)15-5-7-17(8-6-15)22-10-12-23(13-11-22)19(25)21-14-16-4-2-3-9-20-16/h2-9H,10-14H2,1H3,(H,21,25). The van der Waals surface area contributed by atoms with Gasteiger partial charge in [-0.1, -0.05) is 6.07 Å². The minimum Gasteiger partial charge on any atom is -0.465 e. The molecule has 0 bridgehead atoms. The number of hydrogen-bond acceptors (Lipinski definition) is 5. The van der Waals surface area contributed by atoms with Crippen LogP contribution in [0, 0.1) is 0 Å². The molecule has 1 aliphatic heterocycles. The second-order valence-corrected chi connectivity index (χ2v) is 5.99. The summed E-state index contributed by atoms with van der Waals surface area (Å²) in [6.45, 7) is 3.21. The largest absolute Gasteiger partial charge is 0.465 e. The minimum atomic E-state index is -0.342. The van der Waals surface area contributed by atoms with Crippen LogP contribution < -0.4 is 10.2 Å². The summed E-state index contributed by atoms with van der Waals surface area (Å²) in [6, 6.07) is 12.9. The number of esters is 1. The van der Waals surface area contributed by atoms with Gasteiger partial charge in [0.1, 0.15) is 0 Å². The Hall–Kier alpha value is -3.09. The van der Waals surface area contributed by atoms with Gasteiger partial charge in [-0.15, -0.1) is 0 Å². The fraction of sp³-hybridized carbons (Fsp3) is 0.316. The van der Waals surface area contributed by atoms with E-state index in [0.29, 0.717) is 25.2 Å². The number of anilines is 1. The number of carbonyl (C=O) groups is 2. The van der Waals surface area contributed by atoms with E-state index < -0.39 is 0 Å². The van der Waals surface area contributed by atoms with Crippen molar-refractivity contribution in [2.75, 3.05) is 38.2 Å². The van der Waals surface area contributed by atoms with E-state index in [0.717, 1.165) is 24.5 Å². The predicted octanol–water partition coefficient (Wildman–Crippen LogP) is 1.90. The molecule has 2 heterocycles. The summed E-state index contributed by atoms with van der Waals surface area (Å²) in [4.78, 5) is 32.0. The van der Waals surface area contributed by atoms with Crippen LogP contribution in [0.3, 0.4) is 0 Å². The molecule has 0 atom stereocenters. The molecule has 1 N–H and O–H groups in total. The first-order chi connectivity index (χ1) is 12.7. The molecule has 7 nitrogen and oxygen atoms in total. The Morgan fingerprint density at radius 3 is 2.42 bits per heavy atom. The molecule has 3 rings (SSSR count). The van der Waals surface area contributed by atoms with Crippen molar-refractivity contribution in [2.45, 2.75) is 6.54 Å². The number of urea groups is 1. The SMILES string of the molecule is COC(=O)c1ccc(N2CCN(C(=O)NCc3ccccn3)CC2)cc1. The summed E-state index contributed by atoms with van der Waals surface area (Å²) in [6.07, 6.45) is 1.71. The van der Waals surface area contributed by atoms with Gasteiger partial charge in [0.05, 0.1) is 24.9 Å². The van der Waals surface area contributed by atoms with E-state index in [2.05, 4.69) is 15.2 Å². The van der Waals surface area contributed by atoms with Gasteiger partial charge in [0.15, 0.2) is 0 Å². The predicted molar refractivity (Wildman–Crippen MR) is 98.0 cm³/mol. The average Bonchev–Trinajstić information content (AvgIpc) is 2.72. The summed E-state index contributed by atoms with van der Waals surface area (Å²) < 4.78 is 4.71. The molecule has 1 aromatic carbocycles. The third-order valence-electron chi connectivity index (χ3n) is 4.37. The zero-order chi connectivity index (χ0) is 18.4. The van der Waals surface area contributed by atoms with Crippen LogP contribution in [0.15, 0.2) is 48.7 Å². The molecule has 0 radical (unpaired) electrons. The molecule has 1 fully saturated rings. The number of amides is 2. The first kappa shape index (κ1) is 17.7. The zero-order valence-corrected chi connectivity index (χ0v) is 14.7. The number of ether oxygens (including phenoxy) is 1. The molecule has 1 saturated heterocycles. The molecule has 1 aliphatic rings. The van der Waals surface area contributed by atoms with Crippen LogP contribution in [-0.4, -0.2) is 55.2 Å². The Morgan fingerprint density at radius 1 is 1.08 bits per heavy atom. The number of carbonyl (C=O) groups excluding carboxylic acids is 2. The summed E-state index contributed by atoms with van der Waals surface area (Å²) in [5.41, 5.74) is 2.40. The molecule has 0 unspecified atom stereocenters. The van der Waals surface area contributed by atoms with E-state index in [4.69, 9.17) is 4.74 Å². The van der Waals surface area contributed by atoms with Gasteiger partial charge >= 0.3 is 12.0 Å². The lowest BCUT2D eigenvalue weighted by molar-refractivity contribution is 0.0600. The number of nitrogens with one attached hydrogen (secondary N) is 1. The Kier molecular flexibility index (Phi) is 5.68. The number of pyridine rings is 1. The van der Waals surface area contributed by atoms with Crippen molar-refractivity contribution < 1.29 is 14.3 Å². The monoisotopic (exact) mass is 354 g/mol. The molecule has 0 spiro atoms. The Labute approximate surface area is 152 Å². The van der Waals surface area contributed by atoms with E-state index in [1.54, 1.807) is 18.3 Å². The van der Waals surface area contributed by atoms with Gasteiger partial charge in [0, 0.05) is 38.1 Å². The Morgan fingerprint density at radius 2 is 1.81 bits per heavy atom. The van der Waals surface area contributed by atoms with Crippen LogP contribution in [0.2, 0.25) is 0 Å². The number of benzene rings is 1. The molecule has 0 saturated carbocycles. The second kappa shape index (κ2) is 8.33. The first-order valence-electron chi connectivity index (χ1n) is 8.53. The maximum atomic E-state index is 12.3. The number of aromatic nitrogens is 1. The highest BCUT2D eigenvalue weighted by Gasteiger charge is 2.21. The molecule has 2 aromatic rings. The van der Waals surface area contributed by atoms with Crippen LogP contribution in [0.5, 0.6) is 0 Å². The highest BCUT2D eigenvalue weighted by atomic mass is 16.5. The number of rotatable bonds is 4. The average molecular weight is 354 g/mol. The van der Waals surface area contributed by atoms with E-state index in [-0.39, 0.29) is 12.0 Å². The summed E-state index contributed by atoms with van der Waals surface area (Å²) in [7, 11) is 1.37. The maximum Gasteiger partial charge on any atom is 0.337 e. The van der Waals surface area contributed by atoms with Gasteiger partial charge in [0.2, 0.25) is 0 Å². The number of nitrogens with zero attached hydrogens (tertiary/aromatic N) is 3. The maximum absolute atomic E-state index is 12.3. The van der Waals surface area contributed by atoms with Crippen LogP contribution >= 0.6 is 0 Å². The number of hydrogen-bond donors (Lipinski definition) is 1. The van der Waals surface area contributed by atoms with E-state index in [1.165, 1.54) is 7.11 Å². The van der Waals surface area contributed by atoms with Crippen molar-refractivity contribution in [1.82, 2.24) is 15.2 Å². The van der Waals surface area contributed by atoms with Crippen LogP contribution in [0.25, 0.3) is 0 Å². The van der Waals surface area contributed by atoms with Crippen molar-refractivity contribution >= 4 is 17.7 Å². The van der Waals surface area contributed by atoms with Gasteiger partial charge in [-0.2, -0.15) is 0 Å². The van der Waals surface area contributed by atoms with Crippen molar-refractivity contribution in [3.05, 3.63) is 59.9 Å². The smallest absolute Gasteiger partial charge is 0.337 e. The fourth-order valence-corrected chi connectivity index (χ4v) is 2.87. The van der Waals surface area contributed by atoms with Gasteiger partial charge in [0.25, 0.3) is 0 Å². The summed E-state index contributed by atoms with van der Waals surface area (Å²) in [5, 5.41) is 2.90. The lowest BCUT2D eigenvalue weighted by Crippen LogP contribution is -2.51. The van der Waals surface area contributed by atoms with Crippen LogP contribution in [-0.2, 0) is 11.3 Å². The molecular weight excluding hydrogens is 332 g/mol. The number of methoxy groups -OCH3 is 1. The molecule has 2 amide bonds. The van der Waals surface area contributed by atoms with Crippen molar-refractivity contribution in [2.24, 2.45) is 0 Å². The lowest BCUT2D eigenvalue weighted by Gasteiger charge is -2.36. The van der Waals surface area contributed by atoms with E-state index >= 15 is 0 Å². The van der Waals surface area contributed by atoms with Crippen molar-refractivity contribution in [3.63, 3.8) is 0 Å². The highest BCUT2D eigenvalue weighted by Crippen LogP contribution is 2.18. The van der Waals surface area contributed by atoms with Crippen LogP contribution in [0.4, 0.5) is 10.5 Å². The normalized spacial score (nSPS) is 14.0. The van der Waals surface area contributed by atoms with Gasteiger partial charge in [-0.05, 0) is 36.4 Å². The highest BCUT2D eigenvalue weighted by molar-refractivity contribution is 5.89. The zero-order valence-electron chi connectivity index (χ0n) is 14.7. The molecule has 1 aromatic heterocycles. The second-order valence-electron chi connectivity index (χ2n) is 5.99. The van der Waals surface area contributed by atoms with Crippen LogP contribution in [0.1, 0.15) is 16.1 Å². The minimum absolute atomic E-state index is 0.0728. The molecular formula is C19H22N4O3. The fourth-order valence-electron chi connectivity index (χ4n) is 2.87. The Bertz CT molecular complexity index is 741. The van der Waals surface area contributed by atoms with E-state index in [1.807, 2.05) is 35.2 Å². The summed E-state index contributed by atoms with van der Waals surface area (Å²) in [5.74, 6) is -0.342. The van der Waals surface area contributed by atoms with Gasteiger partial charge in [-0.25, -0.2) is 9.59 Å².